The third-order valence-electron chi connectivity index (χ3n) is 1.90. The number of hydrogen-bond donors (Lipinski definition) is 1. The zero-order valence-electron chi connectivity index (χ0n) is 7.07. The lowest BCUT2D eigenvalue weighted by Crippen LogP contribution is -1.88. The average molecular weight is 208 g/mol. The van der Waals surface area contributed by atoms with Crippen LogP contribution >= 0.6 is 11.6 Å². The molecule has 0 amide bonds. The number of fused-ring (bicyclic) bond motifs is 1. The average Bonchev–Trinajstić information content (AvgIpc) is 2.16. The number of pyridine rings is 1. The summed E-state index contributed by atoms with van der Waals surface area (Å²) in [6.07, 6.45) is 1.32. The zero-order chi connectivity index (χ0) is 10.1. The molecule has 2 aromatic rings. The van der Waals surface area contributed by atoms with E-state index in [1.165, 1.54) is 6.20 Å². The largest absolute Gasteiger partial charge is 0.506 e. The van der Waals surface area contributed by atoms with E-state index in [1.54, 1.807) is 24.3 Å². The van der Waals surface area contributed by atoms with Crippen molar-refractivity contribution in [1.82, 2.24) is 4.98 Å². The fourth-order valence-corrected chi connectivity index (χ4v) is 1.35. The van der Waals surface area contributed by atoms with Crippen molar-refractivity contribution in [3.8, 4) is 5.75 Å². The highest BCUT2D eigenvalue weighted by Gasteiger charge is 2.03. The van der Waals surface area contributed by atoms with Crippen LogP contribution in [0.4, 0.5) is 0 Å². The molecule has 0 aliphatic heterocycles. The molecule has 0 atom stereocenters. The summed E-state index contributed by atoms with van der Waals surface area (Å²) in [5, 5.41) is 9.41. The number of aromatic nitrogens is 1. The van der Waals surface area contributed by atoms with E-state index in [9.17, 15) is 4.79 Å². The molecule has 0 unspecified atom stereocenters. The normalized spacial score (nSPS) is 10.4. The lowest BCUT2D eigenvalue weighted by Gasteiger charge is -1.99. The second kappa shape index (κ2) is 3.27. The van der Waals surface area contributed by atoms with E-state index in [0.29, 0.717) is 11.1 Å². The smallest absolute Gasteiger partial charge is 0.252 e. The Morgan fingerprint density at radius 1 is 1.36 bits per heavy atom. The van der Waals surface area contributed by atoms with Crippen molar-refractivity contribution in [3.05, 3.63) is 36.0 Å². The molecule has 0 bridgehead atoms. The van der Waals surface area contributed by atoms with Gasteiger partial charge < -0.3 is 5.11 Å². The lowest BCUT2D eigenvalue weighted by molar-refractivity contribution is 0.108. The number of halogens is 1. The molecule has 4 heteroatoms. The minimum atomic E-state index is -0.512. The molecule has 2 rings (SSSR count). The van der Waals surface area contributed by atoms with E-state index in [-0.39, 0.29) is 5.75 Å². The van der Waals surface area contributed by atoms with E-state index in [1.807, 2.05) is 0 Å². The summed E-state index contributed by atoms with van der Waals surface area (Å²) in [4.78, 5) is 14.8. The van der Waals surface area contributed by atoms with Gasteiger partial charge in [-0.3, -0.25) is 9.78 Å². The van der Waals surface area contributed by atoms with Crippen LogP contribution in [0.1, 0.15) is 10.4 Å². The second-order valence-electron chi connectivity index (χ2n) is 2.87. The number of benzene rings is 1. The first-order valence-electron chi connectivity index (χ1n) is 3.95. The molecule has 0 saturated heterocycles. The van der Waals surface area contributed by atoms with Gasteiger partial charge in [0.2, 0.25) is 0 Å². The van der Waals surface area contributed by atoms with Crippen LogP contribution < -0.4 is 0 Å². The van der Waals surface area contributed by atoms with Gasteiger partial charge in [-0.15, -0.1) is 0 Å². The predicted molar refractivity (Wildman–Crippen MR) is 53.6 cm³/mol. The van der Waals surface area contributed by atoms with Crippen LogP contribution in [0.15, 0.2) is 30.5 Å². The molecule has 14 heavy (non-hydrogen) atoms. The van der Waals surface area contributed by atoms with E-state index < -0.39 is 5.24 Å². The van der Waals surface area contributed by atoms with Crippen molar-refractivity contribution in [2.75, 3.05) is 0 Å². The molecule has 3 nitrogen and oxygen atoms in total. The van der Waals surface area contributed by atoms with Gasteiger partial charge in [0.15, 0.2) is 0 Å². The van der Waals surface area contributed by atoms with Crippen molar-refractivity contribution in [2.24, 2.45) is 0 Å². The Kier molecular flexibility index (Phi) is 2.09. The number of nitrogens with zero attached hydrogens (tertiary/aromatic N) is 1. The molecule has 1 aromatic carbocycles. The van der Waals surface area contributed by atoms with Crippen LogP contribution in [0.3, 0.4) is 0 Å². The van der Waals surface area contributed by atoms with E-state index in [4.69, 9.17) is 16.7 Å². The summed E-state index contributed by atoms with van der Waals surface area (Å²) < 4.78 is 0. The molecule has 0 spiro atoms. The fraction of sp³-hybridized carbons (Fsp3) is 0. The monoisotopic (exact) mass is 207 g/mol. The van der Waals surface area contributed by atoms with Gasteiger partial charge in [0.1, 0.15) is 5.75 Å². The highest BCUT2D eigenvalue weighted by molar-refractivity contribution is 6.67. The summed E-state index contributed by atoms with van der Waals surface area (Å²) in [6, 6.07) is 6.45. The summed E-state index contributed by atoms with van der Waals surface area (Å²) in [7, 11) is 0. The van der Waals surface area contributed by atoms with Crippen LogP contribution in [0, 0.1) is 0 Å². The van der Waals surface area contributed by atoms with Crippen molar-refractivity contribution < 1.29 is 9.90 Å². The molecule has 1 heterocycles. The van der Waals surface area contributed by atoms with Gasteiger partial charge in [-0.1, -0.05) is 6.07 Å². The van der Waals surface area contributed by atoms with Crippen LogP contribution in [0.2, 0.25) is 0 Å². The SMILES string of the molecule is O=C(Cl)c1ccc2cc(O)cnc2c1. The first kappa shape index (κ1) is 8.97. The summed E-state index contributed by atoms with van der Waals surface area (Å²) in [6.45, 7) is 0. The molecular formula is C10H6ClNO2. The maximum Gasteiger partial charge on any atom is 0.252 e. The maximum atomic E-state index is 10.8. The Balaban J connectivity index is 2.67. The molecule has 1 aromatic heterocycles. The van der Waals surface area contributed by atoms with Gasteiger partial charge in [-0.05, 0) is 29.8 Å². The molecular weight excluding hydrogens is 202 g/mol. The quantitative estimate of drug-likeness (QED) is 0.731. The van der Waals surface area contributed by atoms with E-state index in [0.717, 1.165) is 5.39 Å². The van der Waals surface area contributed by atoms with E-state index in [2.05, 4.69) is 4.98 Å². The zero-order valence-corrected chi connectivity index (χ0v) is 7.82. The predicted octanol–water partition coefficient (Wildman–Crippen LogP) is 2.32. The Bertz CT molecular complexity index is 510. The van der Waals surface area contributed by atoms with E-state index >= 15 is 0 Å². The van der Waals surface area contributed by atoms with Gasteiger partial charge in [-0.25, -0.2) is 0 Å². The molecule has 0 aliphatic carbocycles. The second-order valence-corrected chi connectivity index (χ2v) is 3.22. The van der Waals surface area contributed by atoms with Crippen LogP contribution in [-0.4, -0.2) is 15.3 Å². The summed E-state index contributed by atoms with van der Waals surface area (Å²) in [5.41, 5.74) is 1.03. The summed E-state index contributed by atoms with van der Waals surface area (Å²) in [5.74, 6) is 0.0995. The Hall–Kier alpha value is -1.61. The third kappa shape index (κ3) is 1.54. The van der Waals surface area contributed by atoms with Crippen LogP contribution in [0.5, 0.6) is 5.75 Å². The third-order valence-corrected chi connectivity index (χ3v) is 2.11. The molecule has 0 saturated carbocycles. The Labute approximate surface area is 85.0 Å². The van der Waals surface area contributed by atoms with Crippen molar-refractivity contribution >= 4 is 27.7 Å². The molecule has 0 aliphatic rings. The van der Waals surface area contributed by atoms with Crippen LogP contribution in [-0.2, 0) is 0 Å². The van der Waals surface area contributed by atoms with Gasteiger partial charge >= 0.3 is 0 Å². The van der Waals surface area contributed by atoms with Crippen molar-refractivity contribution in [1.29, 1.82) is 0 Å². The van der Waals surface area contributed by atoms with Crippen LogP contribution in [0.25, 0.3) is 10.9 Å². The highest BCUT2D eigenvalue weighted by atomic mass is 35.5. The number of carbonyl (C=O) groups excluding carboxylic acids is 1. The Morgan fingerprint density at radius 3 is 2.86 bits per heavy atom. The topological polar surface area (TPSA) is 50.2 Å². The highest BCUT2D eigenvalue weighted by Crippen LogP contribution is 2.19. The van der Waals surface area contributed by atoms with Gasteiger partial charge in [0, 0.05) is 10.9 Å². The molecule has 0 radical (unpaired) electrons. The standard InChI is InChI=1S/C10H6ClNO2/c11-10(14)7-2-1-6-3-8(13)5-12-9(6)4-7/h1-5,13H. The van der Waals surface area contributed by atoms with Crippen molar-refractivity contribution in [3.63, 3.8) is 0 Å². The number of aromatic hydroxyl groups is 1. The lowest BCUT2D eigenvalue weighted by atomic mass is 10.1. The number of hydrogen-bond acceptors (Lipinski definition) is 3. The fourth-order valence-electron chi connectivity index (χ4n) is 1.23. The van der Waals surface area contributed by atoms with Gasteiger partial charge in [-0.2, -0.15) is 0 Å². The number of rotatable bonds is 1. The minimum absolute atomic E-state index is 0.0995. The molecule has 70 valence electrons. The maximum absolute atomic E-state index is 10.8. The van der Waals surface area contributed by atoms with Crippen molar-refractivity contribution in [2.45, 2.75) is 0 Å². The first-order valence-corrected chi connectivity index (χ1v) is 4.33. The Morgan fingerprint density at radius 2 is 2.14 bits per heavy atom. The molecule has 0 fully saturated rings. The van der Waals surface area contributed by atoms with Gasteiger partial charge in [0.05, 0.1) is 11.7 Å². The number of carbonyl (C=O) groups is 1. The minimum Gasteiger partial charge on any atom is -0.506 e. The molecule has 1 N–H and O–H groups in total. The van der Waals surface area contributed by atoms with Gasteiger partial charge in [0.25, 0.3) is 5.24 Å². The summed E-state index contributed by atoms with van der Waals surface area (Å²) >= 11 is 5.32. The first-order chi connectivity index (χ1) is 6.66.